The zero-order valence-corrected chi connectivity index (χ0v) is 16.8. The van der Waals surface area contributed by atoms with E-state index < -0.39 is 11.3 Å². The van der Waals surface area contributed by atoms with Crippen LogP contribution < -0.4 is 15.2 Å². The van der Waals surface area contributed by atoms with E-state index in [0.717, 1.165) is 11.1 Å². The van der Waals surface area contributed by atoms with Crippen LogP contribution in [0.15, 0.2) is 41.1 Å². The van der Waals surface area contributed by atoms with Gasteiger partial charge in [0.15, 0.2) is 16.9 Å². The lowest BCUT2D eigenvalue weighted by Crippen LogP contribution is -2.47. The Morgan fingerprint density at radius 2 is 1.97 bits per heavy atom. The minimum Gasteiger partial charge on any atom is -0.493 e. The summed E-state index contributed by atoms with van der Waals surface area (Å²) in [7, 11) is 3.52. The van der Waals surface area contributed by atoms with Crippen LogP contribution in [0, 0.1) is 45.3 Å². The van der Waals surface area contributed by atoms with Gasteiger partial charge in [0.2, 0.25) is 0 Å². The van der Waals surface area contributed by atoms with Crippen molar-refractivity contribution < 1.29 is 9.47 Å². The zero-order valence-electron chi connectivity index (χ0n) is 16.8. The molecule has 0 amide bonds. The number of rotatable bonds is 4. The standard InChI is InChI=1S/C22H23N5O2/c1-4-29-18-6-5-14(9-19(18)28-3)20-17-11-27(2)8-7-15(17)16(10-23)21(26)22(20,12-24)13-25/h5-7,9,17,20H,4,8,11,26H2,1-3H3/t17-,20+/m0/s1. The molecule has 29 heavy (non-hydrogen) atoms. The Hall–Kier alpha value is -3.47. The number of nitrogens with two attached hydrogens (primary N) is 1. The Bertz CT molecular complexity index is 991. The number of nitriles is 3. The first-order chi connectivity index (χ1) is 14.0. The second kappa shape index (κ2) is 7.87. The third-order valence-corrected chi connectivity index (χ3v) is 5.69. The van der Waals surface area contributed by atoms with Crippen molar-refractivity contribution in [1.29, 1.82) is 15.8 Å². The molecule has 0 saturated carbocycles. The molecule has 1 heterocycles. The summed E-state index contributed by atoms with van der Waals surface area (Å²) in [6, 6.07) is 11.8. The summed E-state index contributed by atoms with van der Waals surface area (Å²) in [5.41, 5.74) is 6.49. The fourth-order valence-corrected chi connectivity index (χ4v) is 4.35. The van der Waals surface area contributed by atoms with Crippen molar-refractivity contribution in [1.82, 2.24) is 4.90 Å². The molecule has 0 unspecified atom stereocenters. The van der Waals surface area contributed by atoms with E-state index in [1.54, 1.807) is 19.2 Å². The molecule has 7 heteroatoms. The smallest absolute Gasteiger partial charge is 0.191 e. The van der Waals surface area contributed by atoms with Gasteiger partial charge in [-0.3, -0.25) is 0 Å². The van der Waals surface area contributed by atoms with E-state index in [2.05, 4.69) is 23.1 Å². The first-order valence-electron chi connectivity index (χ1n) is 9.39. The molecule has 3 rings (SSSR count). The maximum absolute atomic E-state index is 10.1. The van der Waals surface area contributed by atoms with E-state index in [-0.39, 0.29) is 17.2 Å². The second-order valence-corrected chi connectivity index (χ2v) is 7.24. The zero-order chi connectivity index (χ0) is 21.2. The first kappa shape index (κ1) is 20.3. The van der Waals surface area contributed by atoms with Crippen molar-refractivity contribution in [2.75, 3.05) is 33.9 Å². The minimum atomic E-state index is -1.65. The minimum absolute atomic E-state index is 0.0231. The molecular formula is C22H23N5O2. The molecule has 0 spiro atoms. The third kappa shape index (κ3) is 3.09. The van der Waals surface area contributed by atoms with Gasteiger partial charge in [-0.2, -0.15) is 15.8 Å². The summed E-state index contributed by atoms with van der Waals surface area (Å²) >= 11 is 0. The van der Waals surface area contributed by atoms with Crippen LogP contribution in [0.5, 0.6) is 11.5 Å². The second-order valence-electron chi connectivity index (χ2n) is 7.24. The Morgan fingerprint density at radius 3 is 2.55 bits per heavy atom. The molecule has 1 aliphatic heterocycles. The van der Waals surface area contributed by atoms with Crippen molar-refractivity contribution >= 4 is 0 Å². The van der Waals surface area contributed by atoms with Crippen LogP contribution in [-0.2, 0) is 0 Å². The fourth-order valence-electron chi connectivity index (χ4n) is 4.35. The molecule has 148 valence electrons. The number of hydrogen-bond acceptors (Lipinski definition) is 7. The number of benzene rings is 1. The summed E-state index contributed by atoms with van der Waals surface area (Å²) in [6.07, 6.45) is 1.97. The van der Waals surface area contributed by atoms with E-state index in [1.807, 2.05) is 26.1 Å². The van der Waals surface area contributed by atoms with Crippen molar-refractivity contribution in [3.05, 3.63) is 46.7 Å². The van der Waals surface area contributed by atoms with Crippen molar-refractivity contribution in [2.24, 2.45) is 17.1 Å². The van der Waals surface area contributed by atoms with E-state index >= 15 is 0 Å². The molecule has 1 aromatic carbocycles. The Balaban J connectivity index is 2.28. The Morgan fingerprint density at radius 1 is 1.24 bits per heavy atom. The fraction of sp³-hybridized carbons (Fsp3) is 0.409. The maximum Gasteiger partial charge on any atom is 0.191 e. The van der Waals surface area contributed by atoms with Crippen molar-refractivity contribution in [3.8, 4) is 29.7 Å². The molecule has 0 bridgehead atoms. The lowest BCUT2D eigenvalue weighted by molar-refractivity contribution is 0.237. The molecule has 2 N–H and O–H groups in total. The normalized spacial score (nSPS) is 23.1. The van der Waals surface area contributed by atoms with Crippen LogP contribution in [0.25, 0.3) is 0 Å². The van der Waals surface area contributed by atoms with Crippen LogP contribution in [0.4, 0.5) is 0 Å². The predicted molar refractivity (Wildman–Crippen MR) is 106 cm³/mol. The summed E-state index contributed by atoms with van der Waals surface area (Å²) in [4.78, 5) is 2.10. The molecular weight excluding hydrogens is 366 g/mol. The van der Waals surface area contributed by atoms with Crippen LogP contribution >= 0.6 is 0 Å². The van der Waals surface area contributed by atoms with Gasteiger partial charge in [0, 0.05) is 24.9 Å². The molecule has 2 aliphatic rings. The average molecular weight is 389 g/mol. The van der Waals surface area contributed by atoms with Gasteiger partial charge in [0.25, 0.3) is 0 Å². The number of fused-ring (bicyclic) bond motifs is 1. The SMILES string of the molecule is CCOc1ccc([C@@H]2[C@H]3CN(C)CC=C3C(C#N)=C(N)C2(C#N)C#N)cc1OC. The lowest BCUT2D eigenvalue weighted by Gasteiger charge is -2.45. The average Bonchev–Trinajstić information content (AvgIpc) is 2.74. The predicted octanol–water partition coefficient (Wildman–Crippen LogP) is 2.45. The maximum atomic E-state index is 10.1. The third-order valence-electron chi connectivity index (χ3n) is 5.69. The highest BCUT2D eigenvalue weighted by Crippen LogP contribution is 2.54. The lowest BCUT2D eigenvalue weighted by atomic mass is 9.58. The monoisotopic (exact) mass is 389 g/mol. The summed E-state index contributed by atoms with van der Waals surface area (Å²) in [6.45, 7) is 3.65. The summed E-state index contributed by atoms with van der Waals surface area (Å²) < 4.78 is 11.1. The molecule has 0 aromatic heterocycles. The van der Waals surface area contributed by atoms with Gasteiger partial charge in [-0.15, -0.1) is 0 Å². The Kier molecular flexibility index (Phi) is 5.50. The topological polar surface area (TPSA) is 119 Å². The van der Waals surface area contributed by atoms with E-state index in [4.69, 9.17) is 15.2 Å². The van der Waals surface area contributed by atoms with Crippen LogP contribution in [0.2, 0.25) is 0 Å². The van der Waals surface area contributed by atoms with Gasteiger partial charge in [0.05, 0.1) is 37.1 Å². The van der Waals surface area contributed by atoms with Gasteiger partial charge in [-0.05, 0) is 37.2 Å². The quantitative estimate of drug-likeness (QED) is 0.840. The molecule has 2 atom stereocenters. The highest BCUT2D eigenvalue weighted by molar-refractivity contribution is 5.60. The number of likely N-dealkylation sites (N-methyl/N-ethyl adjacent to an activating group) is 1. The van der Waals surface area contributed by atoms with E-state index in [9.17, 15) is 15.8 Å². The number of methoxy groups -OCH3 is 1. The van der Waals surface area contributed by atoms with Crippen molar-refractivity contribution in [2.45, 2.75) is 12.8 Å². The number of nitrogens with zero attached hydrogens (tertiary/aromatic N) is 4. The van der Waals surface area contributed by atoms with Crippen LogP contribution in [-0.4, -0.2) is 38.8 Å². The highest BCUT2D eigenvalue weighted by Gasteiger charge is 2.54. The van der Waals surface area contributed by atoms with Gasteiger partial charge in [0.1, 0.15) is 6.07 Å². The largest absolute Gasteiger partial charge is 0.493 e. The van der Waals surface area contributed by atoms with Crippen molar-refractivity contribution in [3.63, 3.8) is 0 Å². The van der Waals surface area contributed by atoms with Crippen LogP contribution in [0.1, 0.15) is 18.4 Å². The van der Waals surface area contributed by atoms with E-state index in [0.29, 0.717) is 31.2 Å². The molecule has 1 aromatic rings. The van der Waals surface area contributed by atoms with Crippen LogP contribution in [0.3, 0.4) is 0 Å². The summed E-state index contributed by atoms with van der Waals surface area (Å²) in [5.74, 6) is 0.343. The molecule has 0 radical (unpaired) electrons. The van der Waals surface area contributed by atoms with Gasteiger partial charge >= 0.3 is 0 Å². The van der Waals surface area contributed by atoms with Gasteiger partial charge < -0.3 is 20.1 Å². The molecule has 0 fully saturated rings. The summed E-state index contributed by atoms with van der Waals surface area (Å²) in [5, 5.41) is 29.9. The Labute approximate surface area is 170 Å². The van der Waals surface area contributed by atoms with E-state index in [1.165, 1.54) is 0 Å². The highest BCUT2D eigenvalue weighted by atomic mass is 16.5. The molecule has 7 nitrogen and oxygen atoms in total. The number of ether oxygens (including phenoxy) is 2. The number of allylic oxidation sites excluding steroid dienone is 2. The molecule has 1 aliphatic carbocycles. The van der Waals surface area contributed by atoms with Gasteiger partial charge in [-0.1, -0.05) is 12.1 Å². The first-order valence-corrected chi connectivity index (χ1v) is 9.39. The number of hydrogen-bond donors (Lipinski definition) is 1. The molecule has 0 saturated heterocycles. The van der Waals surface area contributed by atoms with Gasteiger partial charge in [-0.25, -0.2) is 0 Å².